The highest BCUT2D eigenvalue weighted by Gasteiger charge is 2.24. The fourth-order valence-electron chi connectivity index (χ4n) is 3.26. The molecule has 0 radical (unpaired) electrons. The molecule has 0 unspecified atom stereocenters. The minimum atomic E-state index is -0.350. The van der Waals surface area contributed by atoms with E-state index in [-0.39, 0.29) is 6.09 Å². The second-order valence-corrected chi connectivity index (χ2v) is 7.02. The number of para-hydroxylation sites is 1. The first-order valence-electron chi connectivity index (χ1n) is 9.92. The summed E-state index contributed by atoms with van der Waals surface area (Å²) in [6.45, 7) is 6.62. The highest BCUT2D eigenvalue weighted by Crippen LogP contribution is 2.31. The average Bonchev–Trinajstić information content (AvgIpc) is 2.74. The molecule has 1 heterocycles. The summed E-state index contributed by atoms with van der Waals surface area (Å²) in [5.41, 5.74) is 2.00. The number of anilines is 1. The Morgan fingerprint density at radius 3 is 2.76 bits per heavy atom. The maximum Gasteiger partial charge on any atom is 0.419 e. The molecule has 1 amide bonds. The molecule has 2 aromatic carbocycles. The summed E-state index contributed by atoms with van der Waals surface area (Å²) >= 11 is 0. The molecule has 0 N–H and O–H groups in total. The third-order valence-corrected chi connectivity index (χ3v) is 4.71. The second kappa shape index (κ2) is 10.5. The zero-order chi connectivity index (χ0) is 20.5. The molecule has 5 nitrogen and oxygen atoms in total. The zero-order valence-corrected chi connectivity index (χ0v) is 16.9. The number of carbonyl (C=O) groups is 1. The van der Waals surface area contributed by atoms with Crippen molar-refractivity contribution in [1.29, 1.82) is 0 Å². The standard InChI is InChI=1S/C24H28N2O3/c1-3-15-25(2)16-7-8-18-28-22-13-14-23-20(19-22)10-9-17-26(23)24(27)29-21-11-5-4-6-12-21/h3-8,11-14,19H,1,9-10,15-18H2,2H3/b8-7+. The van der Waals surface area contributed by atoms with E-state index in [1.54, 1.807) is 17.0 Å². The lowest BCUT2D eigenvalue weighted by Gasteiger charge is -2.29. The van der Waals surface area contributed by atoms with Gasteiger partial charge in [-0.05, 0) is 55.8 Å². The van der Waals surface area contributed by atoms with Gasteiger partial charge in [0.1, 0.15) is 18.1 Å². The molecule has 0 atom stereocenters. The topological polar surface area (TPSA) is 42.0 Å². The van der Waals surface area contributed by atoms with Crippen LogP contribution in [-0.4, -0.2) is 44.3 Å². The largest absolute Gasteiger partial charge is 0.490 e. The van der Waals surface area contributed by atoms with E-state index in [0.29, 0.717) is 18.9 Å². The summed E-state index contributed by atoms with van der Waals surface area (Å²) in [4.78, 5) is 16.5. The Hall–Kier alpha value is -3.05. The summed E-state index contributed by atoms with van der Waals surface area (Å²) in [6.07, 6.45) is 7.46. The van der Waals surface area contributed by atoms with E-state index in [2.05, 4.69) is 17.6 Å². The minimum absolute atomic E-state index is 0.350. The van der Waals surface area contributed by atoms with Crippen molar-refractivity contribution in [2.75, 3.05) is 38.2 Å². The Labute approximate surface area is 172 Å². The number of ether oxygens (including phenoxy) is 2. The Balaban J connectivity index is 1.58. The van der Waals surface area contributed by atoms with Crippen molar-refractivity contribution in [1.82, 2.24) is 4.90 Å². The molecule has 0 saturated heterocycles. The van der Waals surface area contributed by atoms with Crippen LogP contribution in [-0.2, 0) is 6.42 Å². The predicted molar refractivity (Wildman–Crippen MR) is 117 cm³/mol. The zero-order valence-electron chi connectivity index (χ0n) is 16.9. The van der Waals surface area contributed by atoms with Crippen molar-refractivity contribution in [2.24, 2.45) is 0 Å². The summed E-state index contributed by atoms with van der Waals surface area (Å²) < 4.78 is 11.4. The number of benzene rings is 2. The maximum absolute atomic E-state index is 12.6. The van der Waals surface area contributed by atoms with E-state index in [1.165, 1.54) is 0 Å². The van der Waals surface area contributed by atoms with Crippen LogP contribution >= 0.6 is 0 Å². The Kier molecular flexibility index (Phi) is 7.47. The number of hydrogen-bond donors (Lipinski definition) is 0. The monoisotopic (exact) mass is 392 g/mol. The fraction of sp³-hybridized carbons (Fsp3) is 0.292. The molecule has 0 aromatic heterocycles. The van der Waals surface area contributed by atoms with Gasteiger partial charge in [-0.25, -0.2) is 4.79 Å². The molecule has 0 saturated carbocycles. The highest BCUT2D eigenvalue weighted by molar-refractivity contribution is 5.90. The van der Waals surface area contributed by atoms with Gasteiger partial charge in [0.2, 0.25) is 0 Å². The van der Waals surface area contributed by atoms with Crippen molar-refractivity contribution >= 4 is 11.8 Å². The van der Waals surface area contributed by atoms with Gasteiger partial charge >= 0.3 is 6.09 Å². The quantitative estimate of drug-likeness (QED) is 0.611. The number of amides is 1. The lowest BCUT2D eigenvalue weighted by Crippen LogP contribution is -2.37. The van der Waals surface area contributed by atoms with Gasteiger partial charge in [-0.1, -0.05) is 36.4 Å². The maximum atomic E-state index is 12.6. The molecule has 0 spiro atoms. The SMILES string of the molecule is C=CCN(C)C/C=C/COc1ccc2c(c1)CCCN2C(=O)Oc1ccccc1. The molecule has 0 bridgehead atoms. The summed E-state index contributed by atoms with van der Waals surface area (Å²) in [7, 11) is 2.05. The summed E-state index contributed by atoms with van der Waals surface area (Å²) in [5, 5.41) is 0. The van der Waals surface area contributed by atoms with Crippen LogP contribution in [0.1, 0.15) is 12.0 Å². The first kappa shape index (κ1) is 20.7. The first-order valence-corrected chi connectivity index (χ1v) is 9.92. The predicted octanol–water partition coefficient (Wildman–Crippen LogP) is 4.69. The molecule has 0 fully saturated rings. The first-order chi connectivity index (χ1) is 14.2. The van der Waals surface area contributed by atoms with Crippen LogP contribution in [0.5, 0.6) is 11.5 Å². The lowest BCUT2D eigenvalue weighted by atomic mass is 10.0. The van der Waals surface area contributed by atoms with Crippen LogP contribution in [0.25, 0.3) is 0 Å². The molecule has 0 aliphatic carbocycles. The van der Waals surface area contributed by atoms with E-state index in [9.17, 15) is 4.79 Å². The van der Waals surface area contributed by atoms with Gasteiger partial charge < -0.3 is 9.47 Å². The molecule has 152 valence electrons. The molecular formula is C24H28N2O3. The van der Waals surface area contributed by atoms with Gasteiger partial charge in [-0.3, -0.25) is 9.80 Å². The van der Waals surface area contributed by atoms with Crippen molar-refractivity contribution < 1.29 is 14.3 Å². The van der Waals surface area contributed by atoms with Crippen LogP contribution in [0.2, 0.25) is 0 Å². The summed E-state index contributed by atoms with van der Waals surface area (Å²) in [5.74, 6) is 1.36. The van der Waals surface area contributed by atoms with Gasteiger partial charge in [0.15, 0.2) is 0 Å². The minimum Gasteiger partial charge on any atom is -0.490 e. The van der Waals surface area contributed by atoms with Crippen molar-refractivity contribution in [2.45, 2.75) is 12.8 Å². The Morgan fingerprint density at radius 2 is 1.97 bits per heavy atom. The number of carbonyl (C=O) groups excluding carboxylic acids is 1. The van der Waals surface area contributed by atoms with Gasteiger partial charge in [0.05, 0.1) is 5.69 Å². The normalized spacial score (nSPS) is 13.4. The number of aryl methyl sites for hydroxylation is 1. The van der Waals surface area contributed by atoms with Gasteiger partial charge in [-0.2, -0.15) is 0 Å². The van der Waals surface area contributed by atoms with Crippen molar-refractivity contribution in [3.8, 4) is 11.5 Å². The average molecular weight is 392 g/mol. The fourth-order valence-corrected chi connectivity index (χ4v) is 3.26. The van der Waals surface area contributed by atoms with Gasteiger partial charge in [-0.15, -0.1) is 6.58 Å². The molecule has 2 aromatic rings. The van der Waals surface area contributed by atoms with E-state index in [1.807, 2.05) is 55.6 Å². The van der Waals surface area contributed by atoms with E-state index in [0.717, 1.165) is 42.9 Å². The van der Waals surface area contributed by atoms with Gasteiger partial charge in [0.25, 0.3) is 0 Å². The smallest absolute Gasteiger partial charge is 0.419 e. The van der Waals surface area contributed by atoms with Crippen molar-refractivity contribution in [3.63, 3.8) is 0 Å². The van der Waals surface area contributed by atoms with Crippen LogP contribution in [0.15, 0.2) is 73.3 Å². The molecule has 1 aliphatic rings. The van der Waals surface area contributed by atoms with Crippen LogP contribution < -0.4 is 14.4 Å². The molecule has 5 heteroatoms. The van der Waals surface area contributed by atoms with Crippen LogP contribution in [0.4, 0.5) is 10.5 Å². The number of hydrogen-bond acceptors (Lipinski definition) is 4. The number of likely N-dealkylation sites (N-methyl/N-ethyl adjacent to an activating group) is 1. The third kappa shape index (κ3) is 5.96. The molecular weight excluding hydrogens is 364 g/mol. The van der Waals surface area contributed by atoms with E-state index in [4.69, 9.17) is 9.47 Å². The van der Waals surface area contributed by atoms with E-state index < -0.39 is 0 Å². The van der Waals surface area contributed by atoms with Crippen LogP contribution in [0, 0.1) is 0 Å². The Bertz CT molecular complexity index is 848. The number of rotatable bonds is 8. The van der Waals surface area contributed by atoms with Gasteiger partial charge in [0, 0.05) is 19.6 Å². The van der Waals surface area contributed by atoms with Crippen LogP contribution in [0.3, 0.4) is 0 Å². The summed E-state index contributed by atoms with van der Waals surface area (Å²) in [6, 6.07) is 15.0. The number of nitrogens with zero attached hydrogens (tertiary/aromatic N) is 2. The van der Waals surface area contributed by atoms with E-state index >= 15 is 0 Å². The number of fused-ring (bicyclic) bond motifs is 1. The molecule has 29 heavy (non-hydrogen) atoms. The third-order valence-electron chi connectivity index (χ3n) is 4.71. The second-order valence-electron chi connectivity index (χ2n) is 7.02. The Morgan fingerprint density at radius 1 is 1.14 bits per heavy atom. The molecule has 3 rings (SSSR count). The lowest BCUT2D eigenvalue weighted by molar-refractivity contribution is 0.207. The van der Waals surface area contributed by atoms with Crippen molar-refractivity contribution in [3.05, 3.63) is 78.9 Å². The highest BCUT2D eigenvalue weighted by atomic mass is 16.6. The molecule has 1 aliphatic heterocycles.